The van der Waals surface area contributed by atoms with Crippen molar-refractivity contribution in [1.82, 2.24) is 16.0 Å². The first-order chi connectivity index (χ1) is 11.3. The Morgan fingerprint density at radius 1 is 1.17 bits per heavy atom. The third kappa shape index (κ3) is 8.03. The molecule has 0 saturated carbocycles. The number of benzene rings is 1. The molecule has 1 amide bonds. The minimum atomic E-state index is -0.504. The largest absolute Gasteiger partial charge is 0.444 e. The maximum Gasteiger partial charge on any atom is 0.407 e. The van der Waals surface area contributed by atoms with Gasteiger partial charge in [-0.15, -0.1) is 0 Å². The number of carbonyl (C=O) groups is 1. The summed E-state index contributed by atoms with van der Waals surface area (Å²) in [5, 5.41) is 17.7. The number of rotatable bonds is 5. The highest BCUT2D eigenvalue weighted by molar-refractivity contribution is 5.79. The zero-order valence-corrected chi connectivity index (χ0v) is 14.6. The summed E-state index contributed by atoms with van der Waals surface area (Å²) >= 11 is 0. The van der Waals surface area contributed by atoms with Crippen molar-refractivity contribution in [2.24, 2.45) is 4.99 Å². The van der Waals surface area contributed by atoms with Gasteiger partial charge in [0.15, 0.2) is 5.96 Å². The van der Waals surface area contributed by atoms with Gasteiger partial charge < -0.3 is 20.7 Å². The second-order valence-corrected chi connectivity index (χ2v) is 6.09. The number of hydrogen-bond donors (Lipinski definition) is 3. The Kier molecular flexibility index (Phi) is 7.56. The topological polar surface area (TPSA) is 98.5 Å². The van der Waals surface area contributed by atoms with Crippen molar-refractivity contribution < 1.29 is 9.53 Å². The van der Waals surface area contributed by atoms with Gasteiger partial charge in [-0.25, -0.2) is 4.79 Å². The lowest BCUT2D eigenvalue weighted by atomic mass is 10.1. The van der Waals surface area contributed by atoms with Crippen LogP contribution in [0.3, 0.4) is 0 Å². The molecule has 0 heterocycles. The highest BCUT2D eigenvalue weighted by Crippen LogP contribution is 2.06. The first-order valence-electron chi connectivity index (χ1n) is 7.74. The van der Waals surface area contributed by atoms with Crippen LogP contribution in [0.15, 0.2) is 29.3 Å². The summed E-state index contributed by atoms with van der Waals surface area (Å²) in [5.41, 5.74) is 1.18. The molecule has 0 aliphatic carbocycles. The molecule has 3 N–H and O–H groups in total. The number of alkyl carbamates (subject to hydrolysis) is 1. The molecule has 1 rings (SSSR count). The van der Waals surface area contributed by atoms with Crippen LogP contribution in [0.25, 0.3) is 0 Å². The van der Waals surface area contributed by atoms with Crippen LogP contribution in [0.4, 0.5) is 4.79 Å². The fourth-order valence-electron chi connectivity index (χ4n) is 1.76. The molecule has 0 aliphatic heterocycles. The normalized spacial score (nSPS) is 11.4. The maximum absolute atomic E-state index is 11.5. The standard InChI is InChI=1S/C17H25N5O2/c1-17(2,3)24-16(23)21-10-9-20-15(19-4)22-12-14-7-5-13(11-18)6-8-14/h5-8H,9-10,12H2,1-4H3,(H,21,23)(H2,19,20,22). The van der Waals surface area contributed by atoms with E-state index >= 15 is 0 Å². The van der Waals surface area contributed by atoms with Crippen LogP contribution >= 0.6 is 0 Å². The molecule has 0 aliphatic rings. The van der Waals surface area contributed by atoms with E-state index in [9.17, 15) is 4.79 Å². The van der Waals surface area contributed by atoms with Gasteiger partial charge in [-0.1, -0.05) is 12.1 Å². The fraction of sp³-hybridized carbons (Fsp3) is 0.471. The molecule has 0 saturated heterocycles. The molecule has 0 fully saturated rings. The number of hydrogen-bond acceptors (Lipinski definition) is 4. The quantitative estimate of drug-likeness (QED) is 0.434. The summed E-state index contributed by atoms with van der Waals surface area (Å²) in [6.07, 6.45) is -0.440. The maximum atomic E-state index is 11.5. The highest BCUT2D eigenvalue weighted by Gasteiger charge is 2.15. The van der Waals surface area contributed by atoms with Crippen molar-refractivity contribution >= 4 is 12.1 Å². The number of ether oxygens (including phenoxy) is 1. The van der Waals surface area contributed by atoms with Gasteiger partial charge in [-0.05, 0) is 38.5 Å². The molecular weight excluding hydrogens is 306 g/mol. The SMILES string of the molecule is CN=C(NCCNC(=O)OC(C)(C)C)NCc1ccc(C#N)cc1. The lowest BCUT2D eigenvalue weighted by molar-refractivity contribution is 0.0529. The van der Waals surface area contributed by atoms with Gasteiger partial charge in [-0.3, -0.25) is 4.99 Å². The molecular formula is C17H25N5O2. The monoisotopic (exact) mass is 331 g/mol. The Morgan fingerprint density at radius 2 is 1.79 bits per heavy atom. The predicted octanol–water partition coefficient (Wildman–Crippen LogP) is 1.75. The number of nitriles is 1. The smallest absolute Gasteiger partial charge is 0.407 e. The van der Waals surface area contributed by atoms with E-state index in [1.54, 1.807) is 19.2 Å². The number of aliphatic imine (C=N–C) groups is 1. The fourth-order valence-corrected chi connectivity index (χ4v) is 1.76. The molecule has 0 spiro atoms. The third-order valence-electron chi connectivity index (χ3n) is 2.85. The summed E-state index contributed by atoms with van der Waals surface area (Å²) in [7, 11) is 1.68. The van der Waals surface area contributed by atoms with Crippen LogP contribution in [0.1, 0.15) is 31.9 Å². The Hall–Kier alpha value is -2.75. The van der Waals surface area contributed by atoms with Gasteiger partial charge in [0.05, 0.1) is 11.6 Å². The zero-order chi connectivity index (χ0) is 18.0. The third-order valence-corrected chi connectivity index (χ3v) is 2.85. The molecule has 1 aromatic rings. The number of nitrogens with one attached hydrogen (secondary N) is 3. The Morgan fingerprint density at radius 3 is 2.33 bits per heavy atom. The van der Waals surface area contributed by atoms with Crippen molar-refractivity contribution in [1.29, 1.82) is 5.26 Å². The number of amides is 1. The van der Waals surface area contributed by atoms with Gasteiger partial charge in [0.2, 0.25) is 0 Å². The van der Waals surface area contributed by atoms with Crippen molar-refractivity contribution in [3.63, 3.8) is 0 Å². The molecule has 0 radical (unpaired) electrons. The molecule has 24 heavy (non-hydrogen) atoms. The van der Waals surface area contributed by atoms with Gasteiger partial charge in [0, 0.05) is 26.7 Å². The van der Waals surface area contributed by atoms with Crippen LogP contribution in [-0.4, -0.2) is 37.8 Å². The summed E-state index contributed by atoms with van der Waals surface area (Å²) in [5.74, 6) is 0.630. The zero-order valence-electron chi connectivity index (χ0n) is 14.6. The number of nitrogens with zero attached hydrogens (tertiary/aromatic N) is 2. The van der Waals surface area contributed by atoms with Gasteiger partial charge in [0.1, 0.15) is 5.60 Å². The minimum absolute atomic E-state index is 0.423. The van der Waals surface area contributed by atoms with E-state index in [1.807, 2.05) is 32.9 Å². The first kappa shape index (κ1) is 19.3. The average molecular weight is 331 g/mol. The van der Waals surface area contributed by atoms with Crippen LogP contribution in [0.5, 0.6) is 0 Å². The van der Waals surface area contributed by atoms with Gasteiger partial charge >= 0.3 is 6.09 Å². The van der Waals surface area contributed by atoms with E-state index in [2.05, 4.69) is 27.0 Å². The van der Waals surface area contributed by atoms with Crippen LogP contribution < -0.4 is 16.0 Å². The molecule has 130 valence electrons. The predicted molar refractivity (Wildman–Crippen MR) is 93.6 cm³/mol. The molecule has 7 nitrogen and oxygen atoms in total. The molecule has 0 unspecified atom stereocenters. The molecule has 0 atom stereocenters. The second-order valence-electron chi connectivity index (χ2n) is 6.09. The van der Waals surface area contributed by atoms with E-state index < -0.39 is 11.7 Å². The van der Waals surface area contributed by atoms with E-state index in [0.29, 0.717) is 31.2 Å². The summed E-state index contributed by atoms with van der Waals surface area (Å²) in [6, 6.07) is 9.42. The second kappa shape index (κ2) is 9.40. The Labute approximate surface area is 143 Å². The molecule has 7 heteroatoms. The number of guanidine groups is 1. The number of carbonyl (C=O) groups excluding carboxylic acids is 1. The summed E-state index contributed by atoms with van der Waals surface area (Å²) in [6.45, 7) is 6.99. The van der Waals surface area contributed by atoms with E-state index in [4.69, 9.17) is 10.00 Å². The minimum Gasteiger partial charge on any atom is -0.444 e. The molecule has 1 aromatic carbocycles. The molecule has 0 aromatic heterocycles. The first-order valence-corrected chi connectivity index (χ1v) is 7.74. The van der Waals surface area contributed by atoms with E-state index in [-0.39, 0.29) is 0 Å². The van der Waals surface area contributed by atoms with Crippen molar-refractivity contribution in [3.8, 4) is 6.07 Å². The van der Waals surface area contributed by atoms with Crippen LogP contribution in [-0.2, 0) is 11.3 Å². The summed E-state index contributed by atoms with van der Waals surface area (Å²) < 4.78 is 5.15. The van der Waals surface area contributed by atoms with Crippen molar-refractivity contribution in [2.75, 3.05) is 20.1 Å². The van der Waals surface area contributed by atoms with E-state index in [1.165, 1.54) is 0 Å². The van der Waals surface area contributed by atoms with Crippen LogP contribution in [0.2, 0.25) is 0 Å². The van der Waals surface area contributed by atoms with Crippen molar-refractivity contribution in [3.05, 3.63) is 35.4 Å². The highest BCUT2D eigenvalue weighted by atomic mass is 16.6. The Balaban J connectivity index is 2.28. The van der Waals surface area contributed by atoms with Gasteiger partial charge in [0.25, 0.3) is 0 Å². The van der Waals surface area contributed by atoms with Crippen LogP contribution in [0, 0.1) is 11.3 Å². The lowest BCUT2D eigenvalue weighted by Crippen LogP contribution is -2.42. The average Bonchev–Trinajstić information content (AvgIpc) is 2.53. The summed E-state index contributed by atoms with van der Waals surface area (Å²) in [4.78, 5) is 15.6. The van der Waals surface area contributed by atoms with Gasteiger partial charge in [-0.2, -0.15) is 5.26 Å². The lowest BCUT2D eigenvalue weighted by Gasteiger charge is -2.19. The Bertz CT molecular complexity index is 597. The molecule has 0 bridgehead atoms. The van der Waals surface area contributed by atoms with E-state index in [0.717, 1.165) is 5.56 Å². The van der Waals surface area contributed by atoms with Crippen molar-refractivity contribution in [2.45, 2.75) is 32.9 Å².